The van der Waals surface area contributed by atoms with Gasteiger partial charge in [-0.15, -0.1) is 0 Å². The number of amides is 1. The van der Waals surface area contributed by atoms with Gasteiger partial charge in [0.2, 0.25) is 0 Å². The molecular weight excluding hydrogens is 209 g/mol. The van der Waals surface area contributed by atoms with E-state index in [-0.39, 0.29) is 11.7 Å². The van der Waals surface area contributed by atoms with Gasteiger partial charge in [0, 0.05) is 18.7 Å². The second-order valence-electron chi connectivity index (χ2n) is 3.85. The number of halogens is 1. The molecule has 0 saturated carbocycles. The summed E-state index contributed by atoms with van der Waals surface area (Å²) in [4.78, 5) is 13.8. The highest BCUT2D eigenvalue weighted by molar-refractivity contribution is 5.94. The number of hydrogen-bond donors (Lipinski definition) is 0. The van der Waals surface area contributed by atoms with Crippen molar-refractivity contribution in [2.24, 2.45) is 0 Å². The summed E-state index contributed by atoms with van der Waals surface area (Å²) in [6, 6.07) is 4.22. The minimum Gasteiger partial charge on any atom is -0.494 e. The molecule has 1 fully saturated rings. The first-order valence-corrected chi connectivity index (χ1v) is 5.35. The van der Waals surface area contributed by atoms with Crippen molar-refractivity contribution in [3.63, 3.8) is 0 Å². The Bertz CT molecular complexity index is 400. The summed E-state index contributed by atoms with van der Waals surface area (Å²) in [7, 11) is 1.39. The highest BCUT2D eigenvalue weighted by Gasteiger charge is 2.20. The van der Waals surface area contributed by atoms with Crippen molar-refractivity contribution in [1.82, 2.24) is 4.90 Å². The molecule has 1 aromatic carbocycles. The van der Waals surface area contributed by atoms with Gasteiger partial charge in [-0.25, -0.2) is 4.39 Å². The van der Waals surface area contributed by atoms with Crippen LogP contribution in [0.2, 0.25) is 0 Å². The Balaban J connectivity index is 2.22. The van der Waals surface area contributed by atoms with Crippen molar-refractivity contribution >= 4 is 5.91 Å². The van der Waals surface area contributed by atoms with Gasteiger partial charge >= 0.3 is 0 Å². The van der Waals surface area contributed by atoms with Gasteiger partial charge in [0.15, 0.2) is 11.6 Å². The molecule has 16 heavy (non-hydrogen) atoms. The molecule has 0 N–H and O–H groups in total. The highest BCUT2D eigenvalue weighted by atomic mass is 19.1. The minimum absolute atomic E-state index is 0.0456. The molecule has 0 spiro atoms. The van der Waals surface area contributed by atoms with E-state index in [1.165, 1.54) is 25.3 Å². The number of benzene rings is 1. The van der Waals surface area contributed by atoms with Crippen molar-refractivity contribution in [3.05, 3.63) is 29.6 Å². The van der Waals surface area contributed by atoms with Crippen LogP contribution in [0.1, 0.15) is 23.2 Å². The van der Waals surface area contributed by atoms with Crippen molar-refractivity contribution in [3.8, 4) is 5.75 Å². The third-order valence-electron chi connectivity index (χ3n) is 2.79. The molecule has 1 amide bonds. The third-order valence-corrected chi connectivity index (χ3v) is 2.79. The standard InChI is InChI=1S/C12H14FNO2/c1-16-11-8-9(4-5-10(11)13)12(15)14-6-2-3-7-14/h4-5,8H,2-3,6-7H2,1H3. The number of carbonyl (C=O) groups excluding carboxylic acids is 1. The third kappa shape index (κ3) is 2.01. The lowest BCUT2D eigenvalue weighted by Gasteiger charge is -2.15. The summed E-state index contributed by atoms with van der Waals surface area (Å²) in [6.45, 7) is 1.58. The van der Waals surface area contributed by atoms with Crippen LogP contribution in [0, 0.1) is 5.82 Å². The summed E-state index contributed by atoms with van der Waals surface area (Å²) < 4.78 is 18.0. The SMILES string of the molecule is COc1cc(C(=O)N2CCCC2)ccc1F. The van der Waals surface area contributed by atoms with Gasteiger partial charge in [0.25, 0.3) is 5.91 Å². The molecule has 86 valence electrons. The van der Waals surface area contributed by atoms with Crippen LogP contribution in [0.3, 0.4) is 0 Å². The summed E-state index contributed by atoms with van der Waals surface area (Å²) in [6.07, 6.45) is 2.09. The van der Waals surface area contributed by atoms with Gasteiger partial charge in [-0.05, 0) is 31.0 Å². The van der Waals surface area contributed by atoms with E-state index < -0.39 is 5.82 Å². The smallest absolute Gasteiger partial charge is 0.253 e. The maximum atomic E-state index is 13.2. The molecule has 0 bridgehead atoms. The van der Waals surface area contributed by atoms with Crippen LogP contribution in [-0.4, -0.2) is 31.0 Å². The van der Waals surface area contributed by atoms with Crippen LogP contribution < -0.4 is 4.74 Å². The van der Waals surface area contributed by atoms with Crippen LogP contribution in [0.25, 0.3) is 0 Å². The number of ether oxygens (including phenoxy) is 1. The first-order valence-electron chi connectivity index (χ1n) is 5.35. The Morgan fingerprint density at radius 3 is 2.69 bits per heavy atom. The molecule has 0 radical (unpaired) electrons. The number of carbonyl (C=O) groups is 1. The van der Waals surface area contributed by atoms with E-state index in [1.54, 1.807) is 4.90 Å². The lowest BCUT2D eigenvalue weighted by atomic mass is 10.2. The molecule has 0 unspecified atom stereocenters. The second-order valence-corrected chi connectivity index (χ2v) is 3.85. The zero-order chi connectivity index (χ0) is 11.5. The number of methoxy groups -OCH3 is 1. The van der Waals surface area contributed by atoms with Gasteiger partial charge in [-0.1, -0.05) is 0 Å². The second kappa shape index (κ2) is 4.51. The van der Waals surface area contributed by atoms with E-state index >= 15 is 0 Å². The normalized spacial score (nSPS) is 15.2. The summed E-state index contributed by atoms with van der Waals surface area (Å²) in [5.41, 5.74) is 0.486. The fraction of sp³-hybridized carbons (Fsp3) is 0.417. The van der Waals surface area contributed by atoms with Gasteiger partial charge < -0.3 is 9.64 Å². The fourth-order valence-electron chi connectivity index (χ4n) is 1.90. The van der Waals surface area contributed by atoms with Crippen LogP contribution >= 0.6 is 0 Å². The van der Waals surface area contributed by atoms with Gasteiger partial charge in [-0.3, -0.25) is 4.79 Å². The number of rotatable bonds is 2. The van der Waals surface area contributed by atoms with Crippen LogP contribution in [0.5, 0.6) is 5.75 Å². The summed E-state index contributed by atoms with van der Waals surface area (Å²) >= 11 is 0. The highest BCUT2D eigenvalue weighted by Crippen LogP contribution is 2.20. The maximum Gasteiger partial charge on any atom is 0.253 e. The topological polar surface area (TPSA) is 29.5 Å². The molecule has 1 aromatic rings. The van der Waals surface area contributed by atoms with Crippen molar-refractivity contribution in [1.29, 1.82) is 0 Å². The molecule has 0 aromatic heterocycles. The molecule has 3 nitrogen and oxygen atoms in total. The molecule has 4 heteroatoms. The van der Waals surface area contributed by atoms with E-state index in [0.29, 0.717) is 5.56 Å². The molecule has 1 aliphatic rings. The number of nitrogens with zero attached hydrogens (tertiary/aromatic N) is 1. The largest absolute Gasteiger partial charge is 0.494 e. The van der Waals surface area contributed by atoms with Crippen LogP contribution in [0.4, 0.5) is 4.39 Å². The first-order chi connectivity index (χ1) is 7.72. The molecule has 1 aliphatic heterocycles. The molecule has 0 atom stereocenters. The van der Waals surface area contributed by atoms with E-state index in [4.69, 9.17) is 4.74 Å². The predicted molar refractivity (Wildman–Crippen MR) is 58.1 cm³/mol. The van der Waals surface area contributed by atoms with Crippen molar-refractivity contribution in [2.45, 2.75) is 12.8 Å². The van der Waals surface area contributed by atoms with Crippen LogP contribution in [0.15, 0.2) is 18.2 Å². The van der Waals surface area contributed by atoms with Crippen molar-refractivity contribution < 1.29 is 13.9 Å². The fourth-order valence-corrected chi connectivity index (χ4v) is 1.90. The minimum atomic E-state index is -0.444. The zero-order valence-electron chi connectivity index (χ0n) is 9.20. The quantitative estimate of drug-likeness (QED) is 0.768. The number of likely N-dealkylation sites (tertiary alicyclic amines) is 1. The van der Waals surface area contributed by atoms with Gasteiger partial charge in [-0.2, -0.15) is 0 Å². The average Bonchev–Trinajstić information content (AvgIpc) is 2.82. The predicted octanol–water partition coefficient (Wildman–Crippen LogP) is 2.07. The Labute approximate surface area is 93.8 Å². The monoisotopic (exact) mass is 223 g/mol. The van der Waals surface area contributed by atoms with Crippen molar-refractivity contribution in [2.75, 3.05) is 20.2 Å². The maximum absolute atomic E-state index is 13.2. The lowest BCUT2D eigenvalue weighted by Crippen LogP contribution is -2.27. The molecular formula is C12H14FNO2. The van der Waals surface area contributed by atoms with E-state index in [1.807, 2.05) is 0 Å². The van der Waals surface area contributed by atoms with Gasteiger partial charge in [0.1, 0.15) is 0 Å². The molecule has 1 saturated heterocycles. The molecule has 2 rings (SSSR count). The average molecular weight is 223 g/mol. The Morgan fingerprint density at radius 2 is 2.06 bits per heavy atom. The van der Waals surface area contributed by atoms with E-state index in [0.717, 1.165) is 25.9 Å². The number of hydrogen-bond acceptors (Lipinski definition) is 2. The zero-order valence-corrected chi connectivity index (χ0v) is 9.20. The summed E-state index contributed by atoms with van der Waals surface area (Å²) in [5, 5.41) is 0. The Hall–Kier alpha value is -1.58. The summed E-state index contributed by atoms with van der Waals surface area (Å²) in [5.74, 6) is -0.374. The van der Waals surface area contributed by atoms with E-state index in [9.17, 15) is 9.18 Å². The Kier molecular flexibility index (Phi) is 3.08. The van der Waals surface area contributed by atoms with Crippen LogP contribution in [-0.2, 0) is 0 Å². The Morgan fingerprint density at radius 1 is 1.38 bits per heavy atom. The first kappa shape index (κ1) is 10.9. The van der Waals surface area contributed by atoms with E-state index in [2.05, 4.69) is 0 Å². The molecule has 1 heterocycles. The van der Waals surface area contributed by atoms with Gasteiger partial charge in [0.05, 0.1) is 7.11 Å². The molecule has 0 aliphatic carbocycles. The lowest BCUT2D eigenvalue weighted by molar-refractivity contribution is 0.0792.